The second-order valence-electron chi connectivity index (χ2n) is 10.2. The fourth-order valence-corrected chi connectivity index (χ4v) is 7.69. The molecular weight excluding hydrogens is 446 g/mol. The molecule has 5 heteroatoms. The summed E-state index contributed by atoms with van der Waals surface area (Å²) in [6, 6.07) is 28.3. The molecule has 0 radical (unpaired) electrons. The number of para-hydroxylation sites is 2. The average Bonchev–Trinajstić information content (AvgIpc) is 3.67. The standard InChI is InChI=1S/C31H15N3O2/c1-2-6-21-20(5-1)33-29-25-18(19-13-15-35-30(19)33)10-12-23-27(25)31(34(21)29)26-22(36-23)11-9-16-7-8-17-4-3-14-32(31)28(17)24(16)26/h1-15H/q+2. The number of fused-ring (bicyclic) bond motifs is 6. The number of nitrogens with zero attached hydrogens (tertiary/aromatic N) is 3. The molecule has 11 rings (SSSR count). The van der Waals surface area contributed by atoms with Gasteiger partial charge in [-0.1, -0.05) is 24.3 Å². The monoisotopic (exact) mass is 461 g/mol. The van der Waals surface area contributed by atoms with Crippen LogP contribution in [0.3, 0.4) is 0 Å². The van der Waals surface area contributed by atoms with E-state index < -0.39 is 5.66 Å². The lowest BCUT2D eigenvalue weighted by atomic mass is 9.85. The zero-order chi connectivity index (χ0) is 22.9. The van der Waals surface area contributed by atoms with Crippen LogP contribution in [-0.2, 0) is 5.66 Å². The molecule has 1 spiro atoms. The van der Waals surface area contributed by atoms with Gasteiger partial charge in [0.2, 0.25) is 5.52 Å². The number of benzene rings is 4. The van der Waals surface area contributed by atoms with E-state index in [-0.39, 0.29) is 0 Å². The number of imidazole rings is 1. The van der Waals surface area contributed by atoms with E-state index >= 15 is 0 Å². The van der Waals surface area contributed by atoms with Crippen molar-refractivity contribution in [1.29, 1.82) is 0 Å². The van der Waals surface area contributed by atoms with E-state index in [1.807, 2.05) is 0 Å². The van der Waals surface area contributed by atoms with Crippen LogP contribution >= 0.6 is 0 Å². The predicted molar refractivity (Wildman–Crippen MR) is 136 cm³/mol. The lowest BCUT2D eigenvalue weighted by Gasteiger charge is -2.28. The Hall–Kier alpha value is -4.90. The summed E-state index contributed by atoms with van der Waals surface area (Å²) in [6.45, 7) is 0. The lowest BCUT2D eigenvalue weighted by Crippen LogP contribution is -2.71. The van der Waals surface area contributed by atoms with Gasteiger partial charge in [-0.3, -0.25) is 0 Å². The van der Waals surface area contributed by atoms with Crippen molar-refractivity contribution in [3.8, 4) is 11.5 Å². The van der Waals surface area contributed by atoms with Gasteiger partial charge < -0.3 is 9.15 Å². The van der Waals surface area contributed by atoms with Gasteiger partial charge in [0.1, 0.15) is 22.6 Å². The van der Waals surface area contributed by atoms with Crippen LogP contribution in [0.25, 0.3) is 60.2 Å². The fourth-order valence-electron chi connectivity index (χ4n) is 7.69. The Morgan fingerprint density at radius 1 is 0.722 bits per heavy atom. The smallest absolute Gasteiger partial charge is 0.372 e. The lowest BCUT2D eigenvalue weighted by molar-refractivity contribution is -0.934. The van der Waals surface area contributed by atoms with E-state index in [2.05, 4.69) is 98.6 Å². The predicted octanol–water partition coefficient (Wildman–Crippen LogP) is 5.90. The van der Waals surface area contributed by atoms with Crippen LogP contribution in [0.15, 0.2) is 95.7 Å². The van der Waals surface area contributed by atoms with Crippen LogP contribution in [0.5, 0.6) is 11.5 Å². The Morgan fingerprint density at radius 3 is 2.53 bits per heavy atom. The first kappa shape index (κ1) is 16.7. The number of ether oxygens (including phenoxy) is 1. The number of pyridine rings is 2. The number of furan rings is 1. The van der Waals surface area contributed by atoms with Gasteiger partial charge in [0, 0.05) is 16.8 Å². The highest BCUT2D eigenvalue weighted by molar-refractivity contribution is 6.16. The summed E-state index contributed by atoms with van der Waals surface area (Å²) in [5.41, 5.74) is 7.46. The molecular formula is C31H15N3O2+2. The van der Waals surface area contributed by atoms with Gasteiger partial charge in [-0.2, -0.15) is 4.40 Å². The quantitative estimate of drug-likeness (QED) is 0.208. The minimum Gasteiger partial charge on any atom is -0.456 e. The van der Waals surface area contributed by atoms with Crippen molar-refractivity contribution < 1.29 is 18.3 Å². The van der Waals surface area contributed by atoms with E-state index in [0.29, 0.717) is 0 Å². The molecule has 4 aromatic carbocycles. The Morgan fingerprint density at radius 2 is 1.56 bits per heavy atom. The summed E-state index contributed by atoms with van der Waals surface area (Å²) >= 11 is 0. The Balaban J connectivity index is 1.57. The van der Waals surface area contributed by atoms with Crippen LogP contribution in [0.1, 0.15) is 11.1 Å². The Kier molecular flexibility index (Phi) is 2.27. The number of rotatable bonds is 0. The highest BCUT2D eigenvalue weighted by Crippen LogP contribution is 2.57. The molecule has 3 aliphatic rings. The van der Waals surface area contributed by atoms with Crippen molar-refractivity contribution in [3.05, 3.63) is 102 Å². The molecule has 0 saturated heterocycles. The summed E-state index contributed by atoms with van der Waals surface area (Å²) in [7, 11) is 0. The van der Waals surface area contributed by atoms with Crippen LogP contribution in [0, 0.1) is 0 Å². The minimum atomic E-state index is -0.583. The number of aromatic nitrogens is 3. The average molecular weight is 461 g/mol. The van der Waals surface area contributed by atoms with Gasteiger partial charge in [0.25, 0.3) is 0 Å². The molecule has 0 N–H and O–H groups in total. The highest BCUT2D eigenvalue weighted by Gasteiger charge is 2.68. The van der Waals surface area contributed by atoms with Crippen molar-refractivity contribution in [3.63, 3.8) is 0 Å². The highest BCUT2D eigenvalue weighted by atomic mass is 16.5. The maximum atomic E-state index is 6.72. The zero-order valence-corrected chi connectivity index (χ0v) is 18.8. The molecule has 5 nitrogen and oxygen atoms in total. The summed E-state index contributed by atoms with van der Waals surface area (Å²) in [5.74, 6) is 1.85. The van der Waals surface area contributed by atoms with Gasteiger partial charge >= 0.3 is 17.0 Å². The molecule has 164 valence electrons. The van der Waals surface area contributed by atoms with Crippen molar-refractivity contribution in [2.24, 2.45) is 0 Å². The summed E-state index contributed by atoms with van der Waals surface area (Å²) < 4.78 is 20.2. The topological polar surface area (TPSA) is 34.5 Å². The number of hydrogen-bond donors (Lipinski definition) is 0. The van der Waals surface area contributed by atoms with Gasteiger partial charge in [-0.05, 0) is 53.9 Å². The number of hydrogen-bond acceptors (Lipinski definition) is 2. The van der Waals surface area contributed by atoms with E-state index in [0.717, 1.165) is 33.8 Å². The molecule has 0 bridgehead atoms. The molecule has 0 saturated carbocycles. The molecule has 0 aliphatic carbocycles. The van der Waals surface area contributed by atoms with Crippen molar-refractivity contribution in [2.75, 3.05) is 0 Å². The van der Waals surface area contributed by atoms with Crippen molar-refractivity contribution >= 4 is 60.2 Å². The molecule has 36 heavy (non-hydrogen) atoms. The van der Waals surface area contributed by atoms with Gasteiger partial charge in [0.05, 0.1) is 22.4 Å². The third-order valence-electron chi connectivity index (χ3n) is 8.81. The Bertz CT molecular complexity index is 2410. The summed E-state index contributed by atoms with van der Waals surface area (Å²) in [4.78, 5) is 0. The van der Waals surface area contributed by atoms with Crippen molar-refractivity contribution in [2.45, 2.75) is 5.66 Å². The third-order valence-corrected chi connectivity index (χ3v) is 8.81. The van der Waals surface area contributed by atoms with E-state index in [4.69, 9.17) is 9.15 Å². The molecule has 3 aliphatic heterocycles. The molecule has 0 fully saturated rings. The largest absolute Gasteiger partial charge is 0.456 e. The molecule has 7 heterocycles. The SMILES string of the molecule is c1ccc2c(c1)n1c3occc3c3ccc4c5c3c1[n+]2C51c2c(ccc3ccc5ccc[n+]1c5c23)O4. The molecule has 4 aromatic heterocycles. The van der Waals surface area contributed by atoms with Crippen LogP contribution in [0.4, 0.5) is 0 Å². The molecule has 0 amide bonds. The third kappa shape index (κ3) is 1.38. The van der Waals surface area contributed by atoms with Gasteiger partial charge in [-0.25, -0.2) is 0 Å². The first-order valence-electron chi connectivity index (χ1n) is 12.3. The first-order valence-corrected chi connectivity index (χ1v) is 12.3. The van der Waals surface area contributed by atoms with E-state index in [9.17, 15) is 0 Å². The maximum Gasteiger partial charge on any atom is 0.372 e. The van der Waals surface area contributed by atoms with Crippen LogP contribution in [-0.4, -0.2) is 4.40 Å². The van der Waals surface area contributed by atoms with Crippen LogP contribution < -0.4 is 13.9 Å². The summed E-state index contributed by atoms with van der Waals surface area (Å²) in [5, 5.41) is 7.30. The normalized spacial score (nSPS) is 18.3. The summed E-state index contributed by atoms with van der Waals surface area (Å²) in [6.07, 6.45) is 4.05. The van der Waals surface area contributed by atoms with Gasteiger partial charge in [0.15, 0.2) is 17.2 Å². The molecule has 8 aromatic rings. The zero-order valence-electron chi connectivity index (χ0n) is 18.8. The molecule has 1 atom stereocenters. The fraction of sp³-hybridized carbons (Fsp3) is 0.0323. The van der Waals surface area contributed by atoms with Crippen LogP contribution in [0.2, 0.25) is 0 Å². The second-order valence-corrected chi connectivity index (χ2v) is 10.2. The second kappa shape index (κ2) is 4.90. The molecule has 1 unspecified atom stereocenters. The van der Waals surface area contributed by atoms with Crippen molar-refractivity contribution in [1.82, 2.24) is 4.40 Å². The first-order chi connectivity index (χ1) is 17.9. The maximum absolute atomic E-state index is 6.72. The Labute approximate surface area is 202 Å². The van der Waals surface area contributed by atoms with Gasteiger partial charge in [-0.15, -0.1) is 9.13 Å². The van der Waals surface area contributed by atoms with E-state index in [1.165, 1.54) is 49.1 Å². The van der Waals surface area contributed by atoms with E-state index in [1.54, 1.807) is 6.26 Å². The minimum absolute atomic E-state index is 0.583.